The fourth-order valence-corrected chi connectivity index (χ4v) is 3.13. The summed E-state index contributed by atoms with van der Waals surface area (Å²) in [7, 11) is 0. The molecule has 120 valence electrons. The normalized spacial score (nSPS) is 18.4. The number of likely N-dealkylation sites (tertiary alicyclic amines) is 1. The summed E-state index contributed by atoms with van der Waals surface area (Å²) in [5, 5.41) is 0. The molecule has 1 aromatic carbocycles. The van der Waals surface area contributed by atoms with E-state index in [0.717, 1.165) is 17.3 Å². The maximum Gasteiger partial charge on any atom is 0.410 e. The van der Waals surface area contributed by atoms with E-state index in [2.05, 4.69) is 15.9 Å². The third-order valence-corrected chi connectivity index (χ3v) is 4.29. The van der Waals surface area contributed by atoms with Crippen LogP contribution in [0.15, 0.2) is 28.7 Å². The van der Waals surface area contributed by atoms with Gasteiger partial charge in [-0.15, -0.1) is 0 Å². The van der Waals surface area contributed by atoms with Gasteiger partial charge < -0.3 is 9.64 Å². The predicted octanol–water partition coefficient (Wildman–Crippen LogP) is 4.42. The van der Waals surface area contributed by atoms with Crippen LogP contribution < -0.4 is 0 Å². The van der Waals surface area contributed by atoms with Crippen molar-refractivity contribution >= 4 is 27.8 Å². The Morgan fingerprint density at radius 1 is 1.32 bits per heavy atom. The molecule has 0 saturated carbocycles. The summed E-state index contributed by atoms with van der Waals surface area (Å²) in [5.74, 6) is 0.0490. The summed E-state index contributed by atoms with van der Waals surface area (Å²) >= 11 is 3.40. The molecule has 0 radical (unpaired) electrons. The molecule has 1 unspecified atom stereocenters. The predicted molar refractivity (Wildman–Crippen MR) is 89.1 cm³/mol. The van der Waals surface area contributed by atoms with Crippen LogP contribution in [0.1, 0.15) is 50.4 Å². The van der Waals surface area contributed by atoms with Crippen LogP contribution in [0.5, 0.6) is 0 Å². The highest BCUT2D eigenvalue weighted by Gasteiger charge is 2.33. The number of carbonyl (C=O) groups is 2. The molecule has 1 aliphatic heterocycles. The number of ketones is 1. The lowest BCUT2D eigenvalue weighted by Crippen LogP contribution is -2.40. The molecule has 0 N–H and O–H groups in total. The molecule has 0 bridgehead atoms. The zero-order valence-corrected chi connectivity index (χ0v) is 14.9. The number of Topliss-reactive ketones (excluding diaryl/α,β-unsaturated/α-hetero) is 1. The molecule has 0 aliphatic carbocycles. The van der Waals surface area contributed by atoms with Crippen molar-refractivity contribution in [3.05, 3.63) is 34.3 Å². The summed E-state index contributed by atoms with van der Waals surface area (Å²) in [4.78, 5) is 26.4. The number of hydrogen-bond acceptors (Lipinski definition) is 3. The van der Waals surface area contributed by atoms with Gasteiger partial charge in [-0.05, 0) is 39.7 Å². The minimum Gasteiger partial charge on any atom is -0.444 e. The molecular formula is C17H22BrNO3. The van der Waals surface area contributed by atoms with E-state index in [9.17, 15) is 9.59 Å². The number of rotatable bonds is 3. The Labute approximate surface area is 140 Å². The third kappa shape index (κ3) is 4.32. The Bertz CT molecular complexity index is 565. The van der Waals surface area contributed by atoms with E-state index in [0.29, 0.717) is 18.5 Å². The van der Waals surface area contributed by atoms with Gasteiger partial charge in [-0.2, -0.15) is 0 Å². The number of hydrogen-bond donors (Lipinski definition) is 0. The smallest absolute Gasteiger partial charge is 0.410 e. The van der Waals surface area contributed by atoms with Crippen LogP contribution in [-0.4, -0.2) is 35.0 Å². The number of ether oxygens (including phenoxy) is 1. The Morgan fingerprint density at radius 2 is 2.00 bits per heavy atom. The summed E-state index contributed by atoms with van der Waals surface area (Å²) in [5.41, 5.74) is 0.148. The minimum atomic E-state index is -0.517. The Hall–Kier alpha value is -1.36. The fraction of sp³-hybridized carbons (Fsp3) is 0.529. The SMILES string of the molecule is CC(C)(C)OC(=O)N1CCCC1CC(=O)c1ccccc1Br. The number of benzene rings is 1. The van der Waals surface area contributed by atoms with Crippen LogP contribution in [0.4, 0.5) is 4.79 Å². The van der Waals surface area contributed by atoms with Crippen molar-refractivity contribution in [2.75, 3.05) is 6.54 Å². The largest absolute Gasteiger partial charge is 0.444 e. The second-order valence-electron chi connectivity index (χ2n) is 6.58. The van der Waals surface area contributed by atoms with E-state index in [-0.39, 0.29) is 17.9 Å². The number of nitrogens with zero attached hydrogens (tertiary/aromatic N) is 1. The topological polar surface area (TPSA) is 46.6 Å². The molecule has 1 amide bonds. The van der Waals surface area contributed by atoms with Crippen molar-refractivity contribution < 1.29 is 14.3 Å². The molecule has 1 saturated heterocycles. The molecule has 1 aliphatic rings. The molecule has 22 heavy (non-hydrogen) atoms. The molecular weight excluding hydrogens is 346 g/mol. The lowest BCUT2D eigenvalue weighted by molar-refractivity contribution is 0.0223. The van der Waals surface area contributed by atoms with E-state index in [1.165, 1.54) is 0 Å². The first kappa shape index (κ1) is 17.0. The van der Waals surface area contributed by atoms with Crippen molar-refractivity contribution in [3.8, 4) is 0 Å². The van der Waals surface area contributed by atoms with Crippen molar-refractivity contribution in [1.29, 1.82) is 0 Å². The lowest BCUT2D eigenvalue weighted by atomic mass is 10.0. The second kappa shape index (κ2) is 6.82. The van der Waals surface area contributed by atoms with Gasteiger partial charge in [-0.3, -0.25) is 4.79 Å². The van der Waals surface area contributed by atoms with Gasteiger partial charge >= 0.3 is 6.09 Å². The highest BCUT2D eigenvalue weighted by Crippen LogP contribution is 2.26. The van der Waals surface area contributed by atoms with Crippen molar-refractivity contribution in [3.63, 3.8) is 0 Å². The van der Waals surface area contributed by atoms with Gasteiger partial charge in [-0.25, -0.2) is 4.79 Å². The van der Waals surface area contributed by atoms with Crippen molar-refractivity contribution in [2.45, 2.75) is 51.7 Å². The van der Waals surface area contributed by atoms with E-state index in [4.69, 9.17) is 4.74 Å². The monoisotopic (exact) mass is 367 g/mol. The second-order valence-corrected chi connectivity index (χ2v) is 7.43. The first-order valence-corrected chi connectivity index (χ1v) is 8.34. The molecule has 2 rings (SSSR count). The number of halogens is 1. The fourth-order valence-electron chi connectivity index (χ4n) is 2.62. The Morgan fingerprint density at radius 3 is 2.64 bits per heavy atom. The van der Waals surface area contributed by atoms with Crippen LogP contribution in [0.3, 0.4) is 0 Å². The van der Waals surface area contributed by atoms with E-state index < -0.39 is 5.60 Å². The summed E-state index contributed by atoms with van der Waals surface area (Å²) < 4.78 is 6.22. The van der Waals surface area contributed by atoms with Gasteiger partial charge in [0.25, 0.3) is 0 Å². The molecule has 1 heterocycles. The van der Waals surface area contributed by atoms with Gasteiger partial charge in [0.15, 0.2) is 5.78 Å². The number of amides is 1. The van der Waals surface area contributed by atoms with Crippen LogP contribution >= 0.6 is 15.9 Å². The van der Waals surface area contributed by atoms with E-state index in [1.54, 1.807) is 11.0 Å². The molecule has 1 fully saturated rings. The summed E-state index contributed by atoms with van der Waals surface area (Å²) in [6, 6.07) is 7.31. The zero-order chi connectivity index (χ0) is 16.3. The van der Waals surface area contributed by atoms with E-state index in [1.807, 2.05) is 39.0 Å². The molecule has 1 atom stereocenters. The summed E-state index contributed by atoms with van der Waals surface area (Å²) in [6.07, 6.45) is 1.76. The van der Waals surface area contributed by atoms with E-state index >= 15 is 0 Å². The van der Waals surface area contributed by atoms with Gasteiger partial charge in [0.2, 0.25) is 0 Å². The van der Waals surface area contributed by atoms with Crippen LogP contribution in [0.2, 0.25) is 0 Å². The maximum atomic E-state index is 12.5. The first-order valence-electron chi connectivity index (χ1n) is 7.55. The average Bonchev–Trinajstić information content (AvgIpc) is 2.85. The Kier molecular flexibility index (Phi) is 5.27. The third-order valence-electron chi connectivity index (χ3n) is 3.60. The molecule has 4 nitrogen and oxygen atoms in total. The number of carbonyl (C=O) groups excluding carboxylic acids is 2. The van der Waals surface area contributed by atoms with Gasteiger partial charge in [0.05, 0.1) is 0 Å². The minimum absolute atomic E-state index is 0.0490. The standard InChI is InChI=1S/C17H22BrNO3/c1-17(2,3)22-16(21)19-10-6-7-12(19)11-15(20)13-8-4-5-9-14(13)18/h4-5,8-9,12H,6-7,10-11H2,1-3H3. The zero-order valence-electron chi connectivity index (χ0n) is 13.3. The maximum absolute atomic E-state index is 12.5. The van der Waals surface area contributed by atoms with Gasteiger partial charge in [0.1, 0.15) is 5.60 Å². The quantitative estimate of drug-likeness (QED) is 0.742. The molecule has 0 aromatic heterocycles. The highest BCUT2D eigenvalue weighted by molar-refractivity contribution is 9.10. The first-order chi connectivity index (χ1) is 10.3. The van der Waals surface area contributed by atoms with Crippen LogP contribution in [-0.2, 0) is 4.74 Å². The van der Waals surface area contributed by atoms with Gasteiger partial charge in [0, 0.05) is 29.0 Å². The molecule has 0 spiro atoms. The highest BCUT2D eigenvalue weighted by atomic mass is 79.9. The molecule has 1 aromatic rings. The summed E-state index contributed by atoms with van der Waals surface area (Å²) in [6.45, 7) is 6.20. The van der Waals surface area contributed by atoms with Crippen molar-refractivity contribution in [2.24, 2.45) is 0 Å². The average molecular weight is 368 g/mol. The molecule has 5 heteroatoms. The lowest BCUT2D eigenvalue weighted by Gasteiger charge is -2.28. The van der Waals surface area contributed by atoms with Crippen LogP contribution in [0, 0.1) is 0 Å². The van der Waals surface area contributed by atoms with Crippen LogP contribution in [0.25, 0.3) is 0 Å². The van der Waals surface area contributed by atoms with Gasteiger partial charge in [-0.1, -0.05) is 34.1 Å². The Balaban J connectivity index is 2.04. The van der Waals surface area contributed by atoms with Crippen molar-refractivity contribution in [1.82, 2.24) is 4.90 Å².